The molecule has 3 N–H and O–H groups in total. The van der Waals surface area contributed by atoms with E-state index in [0.717, 1.165) is 36.7 Å². The summed E-state index contributed by atoms with van der Waals surface area (Å²) in [5.74, 6) is 2.33. The van der Waals surface area contributed by atoms with Crippen molar-refractivity contribution in [3.8, 4) is 0 Å². The van der Waals surface area contributed by atoms with Crippen molar-refractivity contribution in [2.75, 3.05) is 5.32 Å². The number of fused-ring (bicyclic) bond motifs is 1. The van der Waals surface area contributed by atoms with E-state index >= 15 is 0 Å². The number of rotatable bonds is 3. The SMILES string of the molecule is Cc1ccc(NC(N)=NCc2nnc3n2CCC3)cc1. The maximum atomic E-state index is 5.89. The van der Waals surface area contributed by atoms with Crippen LogP contribution in [-0.4, -0.2) is 20.7 Å². The molecule has 2 aromatic rings. The topological polar surface area (TPSA) is 81.1 Å². The molecular weight excluding hydrogens is 252 g/mol. The quantitative estimate of drug-likeness (QED) is 0.653. The summed E-state index contributed by atoms with van der Waals surface area (Å²) in [6, 6.07) is 8.01. The molecule has 6 heteroatoms. The molecule has 20 heavy (non-hydrogen) atoms. The molecule has 0 atom stereocenters. The highest BCUT2D eigenvalue weighted by molar-refractivity contribution is 5.92. The molecule has 0 aliphatic carbocycles. The molecule has 1 aromatic carbocycles. The molecule has 1 aromatic heterocycles. The lowest BCUT2D eigenvalue weighted by atomic mass is 10.2. The summed E-state index contributed by atoms with van der Waals surface area (Å²) in [6.07, 6.45) is 2.15. The fraction of sp³-hybridized carbons (Fsp3) is 0.357. The van der Waals surface area contributed by atoms with Crippen molar-refractivity contribution < 1.29 is 0 Å². The van der Waals surface area contributed by atoms with Crippen LogP contribution < -0.4 is 11.1 Å². The number of hydrogen-bond donors (Lipinski definition) is 2. The van der Waals surface area contributed by atoms with Gasteiger partial charge in [-0.1, -0.05) is 17.7 Å². The molecule has 2 heterocycles. The number of nitrogens with two attached hydrogens (primary N) is 1. The van der Waals surface area contributed by atoms with E-state index in [4.69, 9.17) is 5.73 Å². The Bertz CT molecular complexity index is 626. The van der Waals surface area contributed by atoms with Gasteiger partial charge in [0.15, 0.2) is 11.8 Å². The number of nitrogens with zero attached hydrogens (tertiary/aromatic N) is 4. The first kappa shape index (κ1) is 12.7. The molecule has 0 amide bonds. The first-order valence-corrected chi connectivity index (χ1v) is 6.77. The molecule has 0 saturated carbocycles. The van der Waals surface area contributed by atoms with Gasteiger partial charge in [-0.25, -0.2) is 4.99 Å². The Hall–Kier alpha value is -2.37. The van der Waals surface area contributed by atoms with Gasteiger partial charge in [0.1, 0.15) is 12.4 Å². The van der Waals surface area contributed by atoms with Crippen molar-refractivity contribution in [1.82, 2.24) is 14.8 Å². The van der Waals surface area contributed by atoms with E-state index in [1.807, 2.05) is 31.2 Å². The second kappa shape index (κ2) is 5.32. The maximum absolute atomic E-state index is 5.89. The van der Waals surface area contributed by atoms with Gasteiger partial charge in [0.25, 0.3) is 0 Å². The Morgan fingerprint density at radius 2 is 2.15 bits per heavy atom. The average molecular weight is 270 g/mol. The summed E-state index contributed by atoms with van der Waals surface area (Å²) in [5, 5.41) is 11.4. The van der Waals surface area contributed by atoms with Crippen LogP contribution in [0.15, 0.2) is 29.3 Å². The van der Waals surface area contributed by atoms with Crippen LogP contribution in [0.25, 0.3) is 0 Å². The highest BCUT2D eigenvalue weighted by Gasteiger charge is 2.16. The van der Waals surface area contributed by atoms with Crippen molar-refractivity contribution in [2.24, 2.45) is 10.7 Å². The number of aliphatic imine (C=N–C) groups is 1. The third-order valence-electron chi connectivity index (χ3n) is 3.40. The van der Waals surface area contributed by atoms with Crippen molar-refractivity contribution in [3.05, 3.63) is 41.5 Å². The van der Waals surface area contributed by atoms with Gasteiger partial charge in [0.05, 0.1) is 0 Å². The molecule has 3 rings (SSSR count). The first-order valence-electron chi connectivity index (χ1n) is 6.77. The fourth-order valence-electron chi connectivity index (χ4n) is 2.31. The molecule has 0 fully saturated rings. The lowest BCUT2D eigenvalue weighted by Gasteiger charge is -2.06. The van der Waals surface area contributed by atoms with E-state index in [1.54, 1.807) is 0 Å². The largest absolute Gasteiger partial charge is 0.370 e. The molecule has 0 spiro atoms. The number of nitrogens with one attached hydrogen (secondary N) is 1. The van der Waals surface area contributed by atoms with Crippen LogP contribution in [0.1, 0.15) is 23.6 Å². The van der Waals surface area contributed by atoms with Crippen LogP contribution >= 0.6 is 0 Å². The summed E-state index contributed by atoms with van der Waals surface area (Å²) in [5.41, 5.74) is 8.03. The predicted octanol–water partition coefficient (Wildman–Crippen LogP) is 1.46. The highest BCUT2D eigenvalue weighted by atomic mass is 15.3. The minimum atomic E-state index is 0.393. The summed E-state index contributed by atoms with van der Waals surface area (Å²) < 4.78 is 2.13. The van der Waals surface area contributed by atoms with E-state index in [2.05, 4.69) is 25.1 Å². The van der Waals surface area contributed by atoms with Crippen LogP contribution in [0.2, 0.25) is 0 Å². The summed E-state index contributed by atoms with van der Waals surface area (Å²) in [7, 11) is 0. The molecule has 0 bridgehead atoms. The second-order valence-corrected chi connectivity index (χ2v) is 4.98. The zero-order valence-corrected chi connectivity index (χ0v) is 11.5. The standard InChI is InChI=1S/C14H18N6/c1-10-4-6-11(7-5-10)17-14(15)16-9-13-19-18-12-3-2-8-20(12)13/h4-7H,2-3,8-9H2,1H3,(H3,15,16,17). The zero-order chi connectivity index (χ0) is 13.9. The lowest BCUT2D eigenvalue weighted by Crippen LogP contribution is -2.22. The van der Waals surface area contributed by atoms with Gasteiger partial charge >= 0.3 is 0 Å². The Labute approximate surface area is 117 Å². The molecule has 6 nitrogen and oxygen atoms in total. The first-order chi connectivity index (χ1) is 9.72. The monoisotopic (exact) mass is 270 g/mol. The van der Waals surface area contributed by atoms with Gasteiger partial charge in [0.2, 0.25) is 0 Å². The molecule has 1 aliphatic heterocycles. The number of anilines is 1. The van der Waals surface area contributed by atoms with Crippen LogP contribution in [0.5, 0.6) is 0 Å². The Morgan fingerprint density at radius 3 is 2.95 bits per heavy atom. The van der Waals surface area contributed by atoms with E-state index in [9.17, 15) is 0 Å². The number of guanidine groups is 1. The van der Waals surface area contributed by atoms with E-state index in [0.29, 0.717) is 12.5 Å². The van der Waals surface area contributed by atoms with Gasteiger partial charge < -0.3 is 15.6 Å². The maximum Gasteiger partial charge on any atom is 0.193 e. The molecular formula is C14H18N6. The Morgan fingerprint density at radius 1 is 1.35 bits per heavy atom. The minimum Gasteiger partial charge on any atom is -0.370 e. The van der Waals surface area contributed by atoms with E-state index < -0.39 is 0 Å². The van der Waals surface area contributed by atoms with Gasteiger partial charge in [-0.15, -0.1) is 10.2 Å². The summed E-state index contributed by atoms with van der Waals surface area (Å²) in [6.45, 7) is 3.49. The molecule has 0 saturated heterocycles. The number of aryl methyl sites for hydroxylation is 2. The minimum absolute atomic E-state index is 0.393. The summed E-state index contributed by atoms with van der Waals surface area (Å²) >= 11 is 0. The van der Waals surface area contributed by atoms with Gasteiger partial charge in [-0.2, -0.15) is 0 Å². The van der Waals surface area contributed by atoms with Crippen LogP contribution in [0.4, 0.5) is 5.69 Å². The lowest BCUT2D eigenvalue weighted by molar-refractivity contribution is 0.688. The van der Waals surface area contributed by atoms with Crippen LogP contribution in [-0.2, 0) is 19.5 Å². The molecule has 0 unspecified atom stereocenters. The third-order valence-corrected chi connectivity index (χ3v) is 3.40. The van der Waals surface area contributed by atoms with Gasteiger partial charge in [-0.3, -0.25) is 0 Å². The molecule has 104 valence electrons. The number of hydrogen-bond acceptors (Lipinski definition) is 3. The molecule has 0 radical (unpaired) electrons. The van der Waals surface area contributed by atoms with Gasteiger partial charge in [-0.05, 0) is 25.5 Å². The average Bonchev–Trinajstić information content (AvgIpc) is 3.02. The third kappa shape index (κ3) is 2.64. The Balaban J connectivity index is 1.64. The zero-order valence-electron chi connectivity index (χ0n) is 11.5. The van der Waals surface area contributed by atoms with Crippen molar-refractivity contribution >= 4 is 11.6 Å². The van der Waals surface area contributed by atoms with E-state index in [1.165, 1.54) is 5.56 Å². The Kier molecular flexibility index (Phi) is 3.37. The number of aromatic nitrogens is 3. The van der Waals surface area contributed by atoms with Crippen LogP contribution in [0, 0.1) is 6.92 Å². The van der Waals surface area contributed by atoms with Crippen molar-refractivity contribution in [1.29, 1.82) is 0 Å². The van der Waals surface area contributed by atoms with Gasteiger partial charge in [0, 0.05) is 18.7 Å². The van der Waals surface area contributed by atoms with Crippen molar-refractivity contribution in [3.63, 3.8) is 0 Å². The number of benzene rings is 1. The smallest absolute Gasteiger partial charge is 0.193 e. The predicted molar refractivity (Wildman–Crippen MR) is 78.5 cm³/mol. The normalized spacial score (nSPS) is 14.3. The second-order valence-electron chi connectivity index (χ2n) is 4.98. The van der Waals surface area contributed by atoms with Crippen LogP contribution in [0.3, 0.4) is 0 Å². The highest BCUT2D eigenvalue weighted by Crippen LogP contribution is 2.14. The van der Waals surface area contributed by atoms with Crippen molar-refractivity contribution in [2.45, 2.75) is 32.9 Å². The fourth-order valence-corrected chi connectivity index (χ4v) is 2.31. The molecule has 1 aliphatic rings. The summed E-state index contributed by atoms with van der Waals surface area (Å²) in [4.78, 5) is 4.32. The van der Waals surface area contributed by atoms with E-state index in [-0.39, 0.29) is 0 Å².